The normalized spacial score (nSPS) is 11.0. The highest BCUT2D eigenvalue weighted by Gasteiger charge is 2.08. The highest BCUT2D eigenvalue weighted by molar-refractivity contribution is 14.0. The molecule has 2 aromatic carbocycles. The number of aromatic nitrogens is 1. The highest BCUT2D eigenvalue weighted by Crippen LogP contribution is 2.17. The molecule has 0 bridgehead atoms. The average Bonchev–Trinajstić information content (AvgIpc) is 3.13. The van der Waals surface area contributed by atoms with Crippen molar-refractivity contribution in [1.82, 2.24) is 20.9 Å². The van der Waals surface area contributed by atoms with Crippen molar-refractivity contribution in [3.8, 4) is 0 Å². The fraction of sp³-hybridized carbons (Fsp3) is 0.238. The van der Waals surface area contributed by atoms with Crippen molar-refractivity contribution in [2.45, 2.75) is 6.42 Å². The fourth-order valence-electron chi connectivity index (χ4n) is 2.97. The lowest BCUT2D eigenvalue weighted by Crippen LogP contribution is -2.42. The number of guanidine groups is 1. The van der Waals surface area contributed by atoms with E-state index in [4.69, 9.17) is 11.6 Å². The zero-order chi connectivity index (χ0) is 19.8. The van der Waals surface area contributed by atoms with Gasteiger partial charge in [-0.1, -0.05) is 41.9 Å². The van der Waals surface area contributed by atoms with E-state index in [2.05, 4.69) is 38.1 Å². The van der Waals surface area contributed by atoms with Gasteiger partial charge in [-0.25, -0.2) is 0 Å². The van der Waals surface area contributed by atoms with Gasteiger partial charge in [0, 0.05) is 43.8 Å². The summed E-state index contributed by atoms with van der Waals surface area (Å²) >= 11 is 6.03. The topological polar surface area (TPSA) is 81.3 Å². The summed E-state index contributed by atoms with van der Waals surface area (Å²) in [4.78, 5) is 19.6. The molecule has 0 aliphatic rings. The third-order valence-electron chi connectivity index (χ3n) is 4.41. The average molecular weight is 526 g/mol. The number of H-pyrrole nitrogens is 1. The van der Waals surface area contributed by atoms with Crippen LogP contribution < -0.4 is 16.0 Å². The fourth-order valence-corrected chi connectivity index (χ4v) is 3.19. The third kappa shape index (κ3) is 6.37. The number of rotatable bonds is 7. The maximum Gasteiger partial charge on any atom is 0.252 e. The zero-order valence-electron chi connectivity index (χ0n) is 16.2. The van der Waals surface area contributed by atoms with Crippen LogP contribution in [0.2, 0.25) is 5.02 Å². The molecule has 1 amide bonds. The van der Waals surface area contributed by atoms with Crippen molar-refractivity contribution in [1.29, 1.82) is 0 Å². The van der Waals surface area contributed by atoms with Crippen LogP contribution in [0.5, 0.6) is 0 Å². The number of nitrogens with one attached hydrogen (secondary N) is 4. The van der Waals surface area contributed by atoms with Gasteiger partial charge in [0.1, 0.15) is 0 Å². The number of carbonyl (C=O) groups excluding carboxylic acids is 1. The van der Waals surface area contributed by atoms with Crippen LogP contribution in [0.25, 0.3) is 10.9 Å². The van der Waals surface area contributed by atoms with Crippen LogP contribution in [-0.4, -0.2) is 43.5 Å². The summed E-state index contributed by atoms with van der Waals surface area (Å²) in [5.74, 6) is 0.515. The second-order valence-corrected chi connectivity index (χ2v) is 6.68. The Bertz CT molecular complexity index is 972. The van der Waals surface area contributed by atoms with Crippen LogP contribution in [0.4, 0.5) is 0 Å². The van der Waals surface area contributed by atoms with Crippen LogP contribution in [-0.2, 0) is 6.42 Å². The summed E-state index contributed by atoms with van der Waals surface area (Å²) in [5, 5.41) is 11.0. The zero-order valence-corrected chi connectivity index (χ0v) is 19.3. The molecule has 3 aromatic rings. The summed E-state index contributed by atoms with van der Waals surface area (Å²) in [7, 11) is 1.73. The van der Waals surface area contributed by atoms with E-state index in [1.54, 1.807) is 31.3 Å². The molecule has 0 aliphatic heterocycles. The van der Waals surface area contributed by atoms with Gasteiger partial charge in [0.2, 0.25) is 0 Å². The van der Waals surface area contributed by atoms with Crippen molar-refractivity contribution in [2.24, 2.45) is 4.99 Å². The molecule has 1 heterocycles. The SMILES string of the molecule is CN=C(NCCNC(=O)c1ccccc1Cl)NCCc1c[nH]c2ccccc12.I. The molecule has 29 heavy (non-hydrogen) atoms. The molecule has 4 N–H and O–H groups in total. The Balaban J connectivity index is 0.00000300. The lowest BCUT2D eigenvalue weighted by atomic mass is 10.1. The summed E-state index contributed by atoms with van der Waals surface area (Å²) in [5.41, 5.74) is 2.89. The van der Waals surface area contributed by atoms with Gasteiger partial charge in [0.05, 0.1) is 10.6 Å². The maximum atomic E-state index is 12.1. The van der Waals surface area contributed by atoms with Crippen molar-refractivity contribution in [2.75, 3.05) is 26.7 Å². The lowest BCUT2D eigenvalue weighted by molar-refractivity contribution is 0.0954. The Kier molecular flexibility index (Phi) is 9.27. The van der Waals surface area contributed by atoms with Gasteiger partial charge in [-0.05, 0) is 30.2 Å². The van der Waals surface area contributed by atoms with E-state index in [1.165, 1.54) is 10.9 Å². The van der Waals surface area contributed by atoms with E-state index in [0.717, 1.165) is 18.5 Å². The number of carbonyl (C=O) groups is 1. The van der Waals surface area contributed by atoms with Gasteiger partial charge in [0.25, 0.3) is 5.91 Å². The van der Waals surface area contributed by atoms with Crippen molar-refractivity contribution in [3.05, 3.63) is 70.9 Å². The van der Waals surface area contributed by atoms with Crippen molar-refractivity contribution < 1.29 is 4.79 Å². The molecule has 1 aromatic heterocycles. The van der Waals surface area contributed by atoms with Gasteiger partial charge in [-0.15, -0.1) is 24.0 Å². The molecule has 0 fully saturated rings. The Labute approximate surface area is 192 Å². The molecule has 0 saturated carbocycles. The molecule has 0 aliphatic carbocycles. The van der Waals surface area contributed by atoms with Gasteiger partial charge < -0.3 is 20.9 Å². The van der Waals surface area contributed by atoms with E-state index in [9.17, 15) is 4.79 Å². The number of hydrogen-bond acceptors (Lipinski definition) is 2. The van der Waals surface area contributed by atoms with E-state index in [1.807, 2.05) is 18.3 Å². The quantitative estimate of drug-likeness (QED) is 0.165. The second-order valence-electron chi connectivity index (χ2n) is 6.27. The number of nitrogens with zero attached hydrogens (tertiary/aromatic N) is 1. The predicted octanol–water partition coefficient (Wildman–Crippen LogP) is 3.58. The number of fused-ring (bicyclic) bond motifs is 1. The van der Waals surface area contributed by atoms with Crippen LogP contribution >= 0.6 is 35.6 Å². The third-order valence-corrected chi connectivity index (χ3v) is 4.74. The smallest absolute Gasteiger partial charge is 0.252 e. The van der Waals surface area contributed by atoms with Crippen molar-refractivity contribution >= 4 is 58.3 Å². The second kappa shape index (κ2) is 11.7. The first-order valence-electron chi connectivity index (χ1n) is 9.21. The molecular weight excluding hydrogens is 501 g/mol. The van der Waals surface area contributed by atoms with E-state index < -0.39 is 0 Å². The first kappa shape index (κ1) is 23.0. The minimum Gasteiger partial charge on any atom is -0.361 e. The highest BCUT2D eigenvalue weighted by atomic mass is 127. The molecular formula is C21H25ClIN5O. The number of aliphatic imine (C=N–C) groups is 1. The van der Waals surface area contributed by atoms with Crippen LogP contribution in [0, 0.1) is 0 Å². The Morgan fingerprint density at radius 1 is 1.00 bits per heavy atom. The minimum atomic E-state index is -0.185. The molecule has 154 valence electrons. The van der Waals surface area contributed by atoms with Gasteiger partial charge in [-0.2, -0.15) is 0 Å². The largest absolute Gasteiger partial charge is 0.361 e. The summed E-state index contributed by atoms with van der Waals surface area (Å²) in [6.07, 6.45) is 2.93. The number of aromatic amines is 1. The van der Waals surface area contributed by atoms with Crippen LogP contribution in [0.15, 0.2) is 59.7 Å². The number of benzene rings is 2. The summed E-state index contributed by atoms with van der Waals surface area (Å²) in [6, 6.07) is 15.3. The lowest BCUT2D eigenvalue weighted by Gasteiger charge is -2.12. The minimum absolute atomic E-state index is 0. The number of hydrogen-bond donors (Lipinski definition) is 4. The first-order chi connectivity index (χ1) is 13.7. The monoisotopic (exact) mass is 525 g/mol. The maximum absolute atomic E-state index is 12.1. The molecule has 0 saturated heterocycles. The number of para-hydroxylation sites is 1. The van der Waals surface area contributed by atoms with Gasteiger partial charge >= 0.3 is 0 Å². The molecule has 0 spiro atoms. The Morgan fingerprint density at radius 2 is 1.69 bits per heavy atom. The van der Waals surface area contributed by atoms with E-state index in [-0.39, 0.29) is 29.9 Å². The number of halogens is 2. The molecule has 8 heteroatoms. The Morgan fingerprint density at radius 3 is 2.48 bits per heavy atom. The van der Waals surface area contributed by atoms with Crippen LogP contribution in [0.3, 0.4) is 0 Å². The van der Waals surface area contributed by atoms with E-state index in [0.29, 0.717) is 29.6 Å². The molecule has 3 rings (SSSR count). The summed E-state index contributed by atoms with van der Waals surface area (Å²) in [6.45, 7) is 1.78. The van der Waals surface area contributed by atoms with Gasteiger partial charge in [-0.3, -0.25) is 9.79 Å². The summed E-state index contributed by atoms with van der Waals surface area (Å²) < 4.78 is 0. The molecule has 0 atom stereocenters. The van der Waals surface area contributed by atoms with Crippen LogP contribution in [0.1, 0.15) is 15.9 Å². The first-order valence-corrected chi connectivity index (χ1v) is 9.59. The van der Waals surface area contributed by atoms with Crippen molar-refractivity contribution in [3.63, 3.8) is 0 Å². The predicted molar refractivity (Wildman–Crippen MR) is 131 cm³/mol. The van der Waals surface area contributed by atoms with E-state index >= 15 is 0 Å². The van der Waals surface area contributed by atoms with Gasteiger partial charge in [0.15, 0.2) is 5.96 Å². The molecule has 0 radical (unpaired) electrons. The molecule has 6 nitrogen and oxygen atoms in total. The molecule has 0 unspecified atom stereocenters. The number of amides is 1. The standard InChI is InChI=1S/C21H24ClN5O.HI/c1-23-21(25-11-10-15-14-27-19-9-5-3-6-16(15)19)26-13-12-24-20(28)17-7-2-4-8-18(17)22;/h2-9,14,27H,10-13H2,1H3,(H,24,28)(H2,23,25,26);1H. The Hall–Kier alpha value is -2.26.